The molecule has 6 heteroatoms. The quantitative estimate of drug-likeness (QED) is 0.0346. The van der Waals surface area contributed by atoms with Gasteiger partial charge in [0.05, 0.1) is 0 Å². The average molecular weight is 821 g/mol. The third-order valence-electron chi connectivity index (χ3n) is 11.7. The van der Waals surface area contributed by atoms with Crippen LogP contribution < -0.4 is 0 Å². The van der Waals surface area contributed by atoms with Gasteiger partial charge in [-0.05, 0) is 31.1 Å². The molecule has 0 amide bonds. The van der Waals surface area contributed by atoms with Crippen LogP contribution in [-0.2, 0) is 28.6 Å². The number of rotatable bonds is 46. The Balaban J connectivity index is 4.27. The third kappa shape index (κ3) is 45.5. The molecule has 0 aliphatic carbocycles. The standard InChI is InChI=1S/C52H100O6/c1-6-7-8-9-10-11-12-13-14-15-16-17-20-24-27-34-39-44-52(55)58-49(46-57-51(54)43-38-33-29-28-31-36-41-48(4)5)45-56-50(53)42-37-32-26-23-21-18-19-22-25-30-35-40-47(2)3/h47-49H,6-46H2,1-5H3/t49-/m1/s1. The van der Waals surface area contributed by atoms with E-state index in [4.69, 9.17) is 14.2 Å². The summed E-state index contributed by atoms with van der Waals surface area (Å²) in [5, 5.41) is 0. The molecular formula is C52H100O6. The molecule has 0 unspecified atom stereocenters. The summed E-state index contributed by atoms with van der Waals surface area (Å²) < 4.78 is 16.8. The molecule has 0 aromatic heterocycles. The zero-order chi connectivity index (χ0) is 42.6. The summed E-state index contributed by atoms with van der Waals surface area (Å²) in [4.78, 5) is 37.9. The molecule has 0 aliphatic rings. The molecule has 0 fully saturated rings. The van der Waals surface area contributed by atoms with Crippen molar-refractivity contribution in [1.29, 1.82) is 0 Å². The molecule has 0 saturated carbocycles. The Labute approximate surface area is 361 Å². The van der Waals surface area contributed by atoms with Gasteiger partial charge >= 0.3 is 17.9 Å². The normalized spacial score (nSPS) is 12.1. The molecule has 6 nitrogen and oxygen atoms in total. The van der Waals surface area contributed by atoms with Gasteiger partial charge in [0.1, 0.15) is 13.2 Å². The highest BCUT2D eigenvalue weighted by Crippen LogP contribution is 2.17. The minimum atomic E-state index is -0.762. The number of carbonyl (C=O) groups excluding carboxylic acids is 3. The summed E-state index contributed by atoms with van der Waals surface area (Å²) in [5.41, 5.74) is 0. The Morgan fingerprint density at radius 3 is 0.845 bits per heavy atom. The molecule has 0 bridgehead atoms. The smallest absolute Gasteiger partial charge is 0.306 e. The monoisotopic (exact) mass is 821 g/mol. The maximum atomic E-state index is 12.8. The fourth-order valence-electron chi connectivity index (χ4n) is 7.81. The SMILES string of the molecule is CCCCCCCCCCCCCCCCCCCC(=O)O[C@H](COC(=O)CCCCCCCCCCCCCC(C)C)COC(=O)CCCCCCCCC(C)C. The van der Waals surface area contributed by atoms with Gasteiger partial charge in [-0.25, -0.2) is 0 Å². The first-order valence-corrected chi connectivity index (χ1v) is 25.7. The number of esters is 3. The van der Waals surface area contributed by atoms with Gasteiger partial charge < -0.3 is 14.2 Å². The first-order valence-electron chi connectivity index (χ1n) is 25.7. The molecular weight excluding hydrogens is 721 g/mol. The number of ether oxygens (including phenoxy) is 3. The van der Waals surface area contributed by atoms with E-state index in [9.17, 15) is 14.4 Å². The van der Waals surface area contributed by atoms with E-state index in [0.29, 0.717) is 19.3 Å². The van der Waals surface area contributed by atoms with E-state index in [2.05, 4.69) is 34.6 Å². The summed E-state index contributed by atoms with van der Waals surface area (Å²) in [6, 6.07) is 0. The van der Waals surface area contributed by atoms with Crippen LogP contribution in [0, 0.1) is 11.8 Å². The van der Waals surface area contributed by atoms with Crippen LogP contribution in [0.15, 0.2) is 0 Å². The summed E-state index contributed by atoms with van der Waals surface area (Å²) in [7, 11) is 0. The molecule has 344 valence electrons. The van der Waals surface area contributed by atoms with Crippen molar-refractivity contribution >= 4 is 17.9 Å². The minimum absolute atomic E-state index is 0.0647. The van der Waals surface area contributed by atoms with Crippen LogP contribution in [0.4, 0.5) is 0 Å². The van der Waals surface area contributed by atoms with Crippen LogP contribution in [0.5, 0.6) is 0 Å². The predicted octanol–water partition coefficient (Wildman–Crippen LogP) is 16.5. The van der Waals surface area contributed by atoms with Crippen molar-refractivity contribution in [3.05, 3.63) is 0 Å². The van der Waals surface area contributed by atoms with E-state index in [1.165, 1.54) is 173 Å². The highest BCUT2D eigenvalue weighted by Gasteiger charge is 2.19. The topological polar surface area (TPSA) is 78.9 Å². The molecule has 0 radical (unpaired) electrons. The average Bonchev–Trinajstić information content (AvgIpc) is 3.19. The van der Waals surface area contributed by atoms with E-state index in [0.717, 1.165) is 69.6 Å². The number of hydrogen-bond acceptors (Lipinski definition) is 6. The number of carbonyl (C=O) groups is 3. The fourth-order valence-corrected chi connectivity index (χ4v) is 7.81. The molecule has 0 aromatic rings. The van der Waals surface area contributed by atoms with Crippen molar-refractivity contribution in [3.8, 4) is 0 Å². The third-order valence-corrected chi connectivity index (χ3v) is 11.7. The lowest BCUT2D eigenvalue weighted by Crippen LogP contribution is -2.30. The van der Waals surface area contributed by atoms with Crippen LogP contribution >= 0.6 is 0 Å². The lowest BCUT2D eigenvalue weighted by atomic mass is 10.0. The minimum Gasteiger partial charge on any atom is -0.462 e. The van der Waals surface area contributed by atoms with Crippen molar-refractivity contribution in [3.63, 3.8) is 0 Å². The van der Waals surface area contributed by atoms with Crippen molar-refractivity contribution in [1.82, 2.24) is 0 Å². The fraction of sp³-hybridized carbons (Fsp3) is 0.942. The lowest BCUT2D eigenvalue weighted by molar-refractivity contribution is -0.167. The molecule has 58 heavy (non-hydrogen) atoms. The van der Waals surface area contributed by atoms with Crippen molar-refractivity contribution in [2.24, 2.45) is 11.8 Å². The zero-order valence-corrected chi connectivity index (χ0v) is 39.7. The molecule has 0 rings (SSSR count). The molecule has 0 heterocycles. The van der Waals surface area contributed by atoms with Crippen LogP contribution in [-0.4, -0.2) is 37.2 Å². The largest absolute Gasteiger partial charge is 0.462 e. The summed E-state index contributed by atoms with van der Waals surface area (Å²) in [6.07, 6.45) is 45.3. The molecule has 0 N–H and O–H groups in total. The van der Waals surface area contributed by atoms with Crippen LogP contribution in [0.25, 0.3) is 0 Å². The molecule has 0 aromatic carbocycles. The number of hydrogen-bond donors (Lipinski definition) is 0. The summed E-state index contributed by atoms with van der Waals surface area (Å²) in [6.45, 7) is 11.3. The van der Waals surface area contributed by atoms with E-state index in [1.807, 2.05) is 0 Å². The molecule has 0 spiro atoms. The predicted molar refractivity (Wildman–Crippen MR) is 247 cm³/mol. The van der Waals surface area contributed by atoms with Gasteiger partial charge in [-0.1, -0.05) is 247 Å². The second-order valence-electron chi connectivity index (χ2n) is 18.8. The van der Waals surface area contributed by atoms with E-state index >= 15 is 0 Å². The van der Waals surface area contributed by atoms with Gasteiger partial charge in [-0.15, -0.1) is 0 Å². The molecule has 0 saturated heterocycles. The first kappa shape index (κ1) is 56.4. The van der Waals surface area contributed by atoms with Crippen LogP contribution in [0.3, 0.4) is 0 Å². The second-order valence-corrected chi connectivity index (χ2v) is 18.8. The van der Waals surface area contributed by atoms with Crippen molar-refractivity contribution in [2.75, 3.05) is 13.2 Å². The van der Waals surface area contributed by atoms with E-state index < -0.39 is 6.10 Å². The van der Waals surface area contributed by atoms with Crippen molar-refractivity contribution in [2.45, 2.75) is 291 Å². The van der Waals surface area contributed by atoms with E-state index in [-0.39, 0.29) is 31.1 Å². The zero-order valence-electron chi connectivity index (χ0n) is 39.7. The van der Waals surface area contributed by atoms with Crippen LogP contribution in [0.2, 0.25) is 0 Å². The first-order chi connectivity index (χ1) is 28.2. The summed E-state index contributed by atoms with van der Waals surface area (Å²) in [5.74, 6) is 0.736. The molecule has 0 aliphatic heterocycles. The number of unbranched alkanes of at least 4 members (excludes halogenated alkanes) is 31. The Bertz CT molecular complexity index is 885. The van der Waals surface area contributed by atoms with Gasteiger partial charge in [0.15, 0.2) is 6.10 Å². The highest BCUT2D eigenvalue weighted by molar-refractivity contribution is 5.71. The van der Waals surface area contributed by atoms with Gasteiger partial charge in [-0.2, -0.15) is 0 Å². The Hall–Kier alpha value is -1.59. The Kier molecular flexibility index (Phi) is 43.7. The maximum Gasteiger partial charge on any atom is 0.306 e. The van der Waals surface area contributed by atoms with Gasteiger partial charge in [0.25, 0.3) is 0 Å². The van der Waals surface area contributed by atoms with Crippen molar-refractivity contribution < 1.29 is 28.6 Å². The lowest BCUT2D eigenvalue weighted by Gasteiger charge is -2.18. The van der Waals surface area contributed by atoms with E-state index in [1.54, 1.807) is 0 Å². The maximum absolute atomic E-state index is 12.8. The highest BCUT2D eigenvalue weighted by atomic mass is 16.6. The Morgan fingerprint density at radius 1 is 0.328 bits per heavy atom. The van der Waals surface area contributed by atoms with Gasteiger partial charge in [0, 0.05) is 19.3 Å². The Morgan fingerprint density at radius 2 is 0.569 bits per heavy atom. The second kappa shape index (κ2) is 44.9. The van der Waals surface area contributed by atoms with Gasteiger partial charge in [-0.3, -0.25) is 14.4 Å². The summed E-state index contributed by atoms with van der Waals surface area (Å²) >= 11 is 0. The van der Waals surface area contributed by atoms with Crippen LogP contribution in [0.1, 0.15) is 285 Å². The van der Waals surface area contributed by atoms with Gasteiger partial charge in [0.2, 0.25) is 0 Å². The molecule has 1 atom stereocenters.